The van der Waals surface area contributed by atoms with Gasteiger partial charge in [-0.3, -0.25) is 4.79 Å². The fourth-order valence-electron chi connectivity index (χ4n) is 3.83. The molecular formula is C28H19Cl2NO2. The van der Waals surface area contributed by atoms with Gasteiger partial charge in [-0.1, -0.05) is 77.8 Å². The lowest BCUT2D eigenvalue weighted by atomic mass is 10.1. The average Bonchev–Trinajstić information content (AvgIpc) is 3.41. The minimum Gasteiger partial charge on any atom is -0.457 e. The smallest absolute Gasteiger partial charge is 0.258 e. The lowest BCUT2D eigenvalue weighted by Crippen LogP contribution is -2.25. The Morgan fingerprint density at radius 2 is 1.55 bits per heavy atom. The van der Waals surface area contributed by atoms with Crippen LogP contribution in [-0.4, -0.2) is 10.8 Å². The SMILES string of the molecule is O=C1/C(=C\c2ccc(-c3ccccc3Cl)o2)C=C(c2ccc(Cl)cc2)N1Cc1ccccc1. The Hall–Kier alpha value is -3.53. The predicted molar refractivity (Wildman–Crippen MR) is 134 cm³/mol. The molecule has 0 N–H and O–H groups in total. The third kappa shape index (κ3) is 4.51. The molecule has 1 aliphatic heterocycles. The van der Waals surface area contributed by atoms with E-state index >= 15 is 0 Å². The Balaban J connectivity index is 1.51. The average molecular weight is 472 g/mol. The van der Waals surface area contributed by atoms with E-state index in [1.54, 1.807) is 11.0 Å². The fourth-order valence-corrected chi connectivity index (χ4v) is 4.18. The third-order valence-corrected chi connectivity index (χ3v) is 6.04. The van der Waals surface area contributed by atoms with Gasteiger partial charge >= 0.3 is 0 Å². The number of amides is 1. The molecule has 162 valence electrons. The molecule has 5 rings (SSSR count). The van der Waals surface area contributed by atoms with Crippen LogP contribution in [0.2, 0.25) is 10.0 Å². The van der Waals surface area contributed by atoms with Crippen LogP contribution in [-0.2, 0) is 11.3 Å². The van der Waals surface area contributed by atoms with E-state index in [1.165, 1.54) is 0 Å². The maximum absolute atomic E-state index is 13.4. The summed E-state index contributed by atoms with van der Waals surface area (Å²) in [7, 11) is 0. The monoisotopic (exact) mass is 471 g/mol. The van der Waals surface area contributed by atoms with Crippen molar-refractivity contribution >= 4 is 40.9 Å². The number of nitrogens with zero attached hydrogens (tertiary/aromatic N) is 1. The first-order valence-electron chi connectivity index (χ1n) is 10.5. The van der Waals surface area contributed by atoms with Gasteiger partial charge in [0.2, 0.25) is 0 Å². The Kier molecular flexibility index (Phi) is 5.91. The fraction of sp³-hybridized carbons (Fsp3) is 0.0357. The van der Waals surface area contributed by atoms with E-state index in [0.717, 1.165) is 22.4 Å². The van der Waals surface area contributed by atoms with Crippen molar-refractivity contribution in [1.29, 1.82) is 0 Å². The number of carbonyl (C=O) groups is 1. The molecule has 0 spiro atoms. The van der Waals surface area contributed by atoms with Crippen LogP contribution in [0.4, 0.5) is 0 Å². The van der Waals surface area contributed by atoms with Crippen LogP contribution in [0.5, 0.6) is 0 Å². The highest BCUT2D eigenvalue weighted by molar-refractivity contribution is 6.33. The van der Waals surface area contributed by atoms with E-state index in [0.29, 0.717) is 33.7 Å². The highest BCUT2D eigenvalue weighted by atomic mass is 35.5. The molecule has 2 heterocycles. The molecule has 0 unspecified atom stereocenters. The summed E-state index contributed by atoms with van der Waals surface area (Å²) in [4.78, 5) is 15.2. The zero-order valence-corrected chi connectivity index (χ0v) is 19.1. The van der Waals surface area contributed by atoms with Gasteiger partial charge in [0, 0.05) is 16.2 Å². The molecule has 5 heteroatoms. The molecule has 4 aromatic rings. The molecule has 0 radical (unpaired) electrons. The van der Waals surface area contributed by atoms with E-state index in [-0.39, 0.29) is 5.91 Å². The van der Waals surface area contributed by atoms with Crippen molar-refractivity contribution in [2.24, 2.45) is 0 Å². The maximum atomic E-state index is 13.4. The predicted octanol–water partition coefficient (Wildman–Crippen LogP) is 7.72. The molecule has 0 saturated carbocycles. The second-order valence-corrected chi connectivity index (χ2v) is 8.54. The standard InChI is InChI=1S/C28H19Cl2NO2/c29-22-12-10-20(11-13-22)26-17-21(28(32)31(26)18-19-6-2-1-3-7-19)16-23-14-15-27(33-23)24-8-4-5-9-25(24)30/h1-17H,18H2/b21-16-. The van der Waals surface area contributed by atoms with Crippen molar-refractivity contribution in [2.45, 2.75) is 6.54 Å². The molecule has 0 fully saturated rings. The molecule has 0 bridgehead atoms. The van der Waals surface area contributed by atoms with Crippen LogP contribution in [0.15, 0.2) is 107 Å². The van der Waals surface area contributed by atoms with Crippen LogP contribution in [0.25, 0.3) is 23.1 Å². The summed E-state index contributed by atoms with van der Waals surface area (Å²) in [5.74, 6) is 1.15. The quantitative estimate of drug-likeness (QED) is 0.279. The second kappa shape index (κ2) is 9.14. The zero-order valence-electron chi connectivity index (χ0n) is 17.5. The molecule has 1 aliphatic rings. The number of hydrogen-bond acceptors (Lipinski definition) is 2. The van der Waals surface area contributed by atoms with Crippen LogP contribution in [0.3, 0.4) is 0 Å². The van der Waals surface area contributed by atoms with Gasteiger partial charge in [0.25, 0.3) is 5.91 Å². The van der Waals surface area contributed by atoms with Crippen molar-refractivity contribution in [2.75, 3.05) is 0 Å². The molecule has 0 saturated heterocycles. The molecule has 0 atom stereocenters. The summed E-state index contributed by atoms with van der Waals surface area (Å²) < 4.78 is 5.99. The lowest BCUT2D eigenvalue weighted by molar-refractivity contribution is -0.123. The van der Waals surface area contributed by atoms with Gasteiger partial charge in [-0.05, 0) is 59.7 Å². The largest absolute Gasteiger partial charge is 0.457 e. The van der Waals surface area contributed by atoms with Gasteiger partial charge in [0.1, 0.15) is 11.5 Å². The number of halogens is 2. The Morgan fingerprint density at radius 1 is 0.818 bits per heavy atom. The summed E-state index contributed by atoms with van der Waals surface area (Å²) in [6.07, 6.45) is 3.66. The van der Waals surface area contributed by atoms with E-state index in [9.17, 15) is 4.79 Å². The van der Waals surface area contributed by atoms with Gasteiger partial charge in [0.05, 0.1) is 17.3 Å². The van der Waals surface area contributed by atoms with Crippen LogP contribution >= 0.6 is 23.2 Å². The van der Waals surface area contributed by atoms with Crippen LogP contribution in [0, 0.1) is 0 Å². The maximum Gasteiger partial charge on any atom is 0.258 e. The van der Waals surface area contributed by atoms with Gasteiger partial charge < -0.3 is 9.32 Å². The number of carbonyl (C=O) groups excluding carboxylic acids is 1. The molecule has 33 heavy (non-hydrogen) atoms. The van der Waals surface area contributed by atoms with E-state index < -0.39 is 0 Å². The van der Waals surface area contributed by atoms with Crippen molar-refractivity contribution < 1.29 is 9.21 Å². The van der Waals surface area contributed by atoms with Gasteiger partial charge in [-0.2, -0.15) is 0 Å². The third-order valence-electron chi connectivity index (χ3n) is 5.46. The van der Waals surface area contributed by atoms with Crippen molar-refractivity contribution in [3.63, 3.8) is 0 Å². The number of furan rings is 1. The molecular weight excluding hydrogens is 453 g/mol. The summed E-state index contributed by atoms with van der Waals surface area (Å²) in [6.45, 7) is 0.467. The molecule has 0 aliphatic carbocycles. The molecule has 1 aromatic heterocycles. The van der Waals surface area contributed by atoms with Crippen LogP contribution in [0.1, 0.15) is 16.9 Å². The Morgan fingerprint density at radius 3 is 2.30 bits per heavy atom. The highest BCUT2D eigenvalue weighted by Gasteiger charge is 2.29. The van der Waals surface area contributed by atoms with Crippen molar-refractivity contribution in [3.05, 3.63) is 130 Å². The zero-order chi connectivity index (χ0) is 22.8. The number of rotatable bonds is 5. The van der Waals surface area contributed by atoms with Gasteiger partial charge in [0.15, 0.2) is 0 Å². The Labute approximate surface area is 202 Å². The summed E-state index contributed by atoms with van der Waals surface area (Å²) in [6, 6.07) is 28.6. The molecule has 3 aromatic carbocycles. The number of hydrogen-bond donors (Lipinski definition) is 0. The first-order chi connectivity index (χ1) is 16.1. The Bertz CT molecular complexity index is 1370. The van der Waals surface area contributed by atoms with Gasteiger partial charge in [-0.15, -0.1) is 0 Å². The minimum atomic E-state index is -0.0838. The summed E-state index contributed by atoms with van der Waals surface area (Å²) in [5.41, 5.74) is 4.15. The topological polar surface area (TPSA) is 33.5 Å². The first kappa shape index (κ1) is 21.3. The number of benzene rings is 3. The minimum absolute atomic E-state index is 0.0838. The van der Waals surface area contributed by atoms with E-state index in [4.69, 9.17) is 27.6 Å². The first-order valence-corrected chi connectivity index (χ1v) is 11.2. The molecule has 1 amide bonds. The summed E-state index contributed by atoms with van der Waals surface area (Å²) >= 11 is 12.4. The van der Waals surface area contributed by atoms with E-state index in [2.05, 4.69) is 0 Å². The highest BCUT2D eigenvalue weighted by Crippen LogP contribution is 2.34. The van der Waals surface area contributed by atoms with E-state index in [1.807, 2.05) is 97.1 Å². The summed E-state index contributed by atoms with van der Waals surface area (Å²) in [5, 5.41) is 1.26. The normalized spacial score (nSPS) is 14.7. The lowest BCUT2D eigenvalue weighted by Gasteiger charge is -2.21. The molecule has 3 nitrogen and oxygen atoms in total. The van der Waals surface area contributed by atoms with Crippen molar-refractivity contribution in [3.8, 4) is 11.3 Å². The van der Waals surface area contributed by atoms with Gasteiger partial charge in [-0.25, -0.2) is 0 Å². The van der Waals surface area contributed by atoms with Crippen molar-refractivity contribution in [1.82, 2.24) is 4.90 Å². The van der Waals surface area contributed by atoms with Crippen LogP contribution < -0.4 is 0 Å². The second-order valence-electron chi connectivity index (χ2n) is 7.69.